The summed E-state index contributed by atoms with van der Waals surface area (Å²) in [5.74, 6) is -0.280. The zero-order valence-electron chi connectivity index (χ0n) is 15.0. The van der Waals surface area contributed by atoms with Crippen LogP contribution in [0.5, 0.6) is 0 Å². The highest BCUT2D eigenvalue weighted by atomic mass is 35.5. The van der Waals surface area contributed by atoms with Gasteiger partial charge in [0.05, 0.1) is 22.9 Å². The third-order valence-electron chi connectivity index (χ3n) is 5.09. The Kier molecular flexibility index (Phi) is 6.78. The number of hydrogen-bond acceptors (Lipinski definition) is 4. The number of rotatable bonds is 6. The van der Waals surface area contributed by atoms with Gasteiger partial charge in [-0.15, -0.1) is 11.8 Å². The highest BCUT2D eigenvalue weighted by Crippen LogP contribution is 2.45. The normalized spacial score (nSPS) is 25.6. The second kappa shape index (κ2) is 8.87. The van der Waals surface area contributed by atoms with Crippen LogP contribution >= 0.6 is 35.0 Å². The number of hydrogen-bond donors (Lipinski definition) is 1. The molecule has 2 atom stereocenters. The first kappa shape index (κ1) is 19.9. The Hall–Kier alpha value is -0.880. The molecule has 7 heteroatoms. The lowest BCUT2D eigenvalue weighted by atomic mass is 10.0. The van der Waals surface area contributed by atoms with Crippen LogP contribution in [0.15, 0.2) is 29.4 Å². The fourth-order valence-electron chi connectivity index (χ4n) is 3.76. The number of anilines is 1. The molecule has 2 aliphatic rings. The Bertz CT molecular complexity index is 661. The molecule has 142 valence electrons. The van der Waals surface area contributed by atoms with Crippen LogP contribution < -0.4 is 5.32 Å². The van der Waals surface area contributed by atoms with E-state index >= 15 is 0 Å². The van der Waals surface area contributed by atoms with E-state index in [2.05, 4.69) is 17.3 Å². The van der Waals surface area contributed by atoms with E-state index in [-0.39, 0.29) is 5.91 Å². The summed E-state index contributed by atoms with van der Waals surface area (Å²) in [5.41, 5.74) is 0.582. The number of carbonyl (C=O) groups is 1. The Morgan fingerprint density at radius 3 is 2.50 bits per heavy atom. The predicted molar refractivity (Wildman–Crippen MR) is 109 cm³/mol. The van der Waals surface area contributed by atoms with Crippen LogP contribution in [-0.4, -0.2) is 41.8 Å². The first-order valence-electron chi connectivity index (χ1n) is 8.94. The molecule has 0 aromatic heterocycles. The highest BCUT2D eigenvalue weighted by molar-refractivity contribution is 8.00. The number of piperidine rings is 1. The molecule has 1 aromatic rings. The van der Waals surface area contributed by atoms with Crippen molar-refractivity contribution in [1.82, 2.24) is 4.90 Å². The van der Waals surface area contributed by atoms with Crippen molar-refractivity contribution in [3.8, 4) is 0 Å². The molecule has 3 rings (SSSR count). The SMILES string of the molecule is CCO/C=C/C(=O)Nc1cc(Cl)c(SC2CC3CCC(C2)N3C)c(Cl)c1. The van der Waals surface area contributed by atoms with E-state index in [1.54, 1.807) is 23.9 Å². The number of fused-ring (bicyclic) bond motifs is 2. The lowest BCUT2D eigenvalue weighted by Crippen LogP contribution is -2.40. The Morgan fingerprint density at radius 2 is 1.92 bits per heavy atom. The van der Waals surface area contributed by atoms with E-state index in [9.17, 15) is 4.79 Å². The first-order chi connectivity index (χ1) is 12.5. The van der Waals surface area contributed by atoms with E-state index in [0.29, 0.717) is 39.7 Å². The number of halogens is 2. The number of thioether (sulfide) groups is 1. The highest BCUT2D eigenvalue weighted by Gasteiger charge is 2.39. The quantitative estimate of drug-likeness (QED) is 0.512. The zero-order valence-corrected chi connectivity index (χ0v) is 17.3. The Labute approximate surface area is 169 Å². The van der Waals surface area contributed by atoms with Gasteiger partial charge in [-0.2, -0.15) is 0 Å². The molecular formula is C19H24Cl2N2O2S. The van der Waals surface area contributed by atoms with Crippen molar-refractivity contribution in [2.45, 2.75) is 54.8 Å². The maximum atomic E-state index is 11.8. The smallest absolute Gasteiger partial charge is 0.251 e. The van der Waals surface area contributed by atoms with Gasteiger partial charge in [0.1, 0.15) is 0 Å². The van der Waals surface area contributed by atoms with Crippen molar-refractivity contribution in [3.05, 3.63) is 34.5 Å². The fourth-order valence-corrected chi connectivity index (χ4v) is 5.83. The molecule has 0 radical (unpaired) electrons. The average molecular weight is 415 g/mol. The molecular weight excluding hydrogens is 391 g/mol. The molecule has 2 bridgehead atoms. The van der Waals surface area contributed by atoms with E-state index in [4.69, 9.17) is 27.9 Å². The molecule has 2 fully saturated rings. The van der Waals surface area contributed by atoms with Crippen LogP contribution in [0.3, 0.4) is 0 Å². The maximum absolute atomic E-state index is 11.8. The second-order valence-corrected chi connectivity index (χ2v) is 8.90. The predicted octanol–water partition coefficient (Wildman–Crippen LogP) is 5.20. The number of nitrogens with one attached hydrogen (secondary N) is 1. The van der Waals surface area contributed by atoms with E-state index < -0.39 is 0 Å². The summed E-state index contributed by atoms with van der Waals surface area (Å²) in [7, 11) is 2.24. The van der Waals surface area contributed by atoms with Crippen molar-refractivity contribution >= 4 is 46.6 Å². The van der Waals surface area contributed by atoms with Gasteiger partial charge in [0.15, 0.2) is 0 Å². The van der Waals surface area contributed by atoms with Gasteiger partial charge < -0.3 is 15.0 Å². The van der Waals surface area contributed by atoms with Crippen LogP contribution in [0.1, 0.15) is 32.6 Å². The van der Waals surface area contributed by atoms with Crippen LogP contribution in [0, 0.1) is 0 Å². The minimum Gasteiger partial charge on any atom is -0.501 e. The molecule has 1 amide bonds. The summed E-state index contributed by atoms with van der Waals surface area (Å²) in [4.78, 5) is 15.3. The van der Waals surface area contributed by atoms with Gasteiger partial charge >= 0.3 is 0 Å². The molecule has 2 aliphatic heterocycles. The van der Waals surface area contributed by atoms with Gasteiger partial charge in [0.2, 0.25) is 0 Å². The third-order valence-corrected chi connectivity index (χ3v) is 7.30. The number of ether oxygens (including phenoxy) is 1. The first-order valence-corrected chi connectivity index (χ1v) is 10.6. The Morgan fingerprint density at radius 1 is 1.31 bits per heavy atom. The number of nitrogens with zero attached hydrogens (tertiary/aromatic N) is 1. The molecule has 1 aromatic carbocycles. The molecule has 4 nitrogen and oxygen atoms in total. The monoisotopic (exact) mass is 414 g/mol. The van der Waals surface area contributed by atoms with Crippen molar-refractivity contribution in [2.24, 2.45) is 0 Å². The largest absolute Gasteiger partial charge is 0.501 e. The van der Waals surface area contributed by atoms with Crippen molar-refractivity contribution in [3.63, 3.8) is 0 Å². The third kappa shape index (κ3) is 4.69. The molecule has 2 saturated heterocycles. The van der Waals surface area contributed by atoms with Crippen LogP contribution in [0.2, 0.25) is 10.0 Å². The summed E-state index contributed by atoms with van der Waals surface area (Å²) in [6.45, 7) is 2.37. The minimum atomic E-state index is -0.280. The molecule has 0 spiro atoms. The van der Waals surface area contributed by atoms with Crippen LogP contribution in [0.4, 0.5) is 5.69 Å². The van der Waals surface area contributed by atoms with Gasteiger partial charge in [-0.1, -0.05) is 23.2 Å². The van der Waals surface area contributed by atoms with E-state index in [1.165, 1.54) is 38.0 Å². The molecule has 2 heterocycles. The molecule has 26 heavy (non-hydrogen) atoms. The number of carbonyl (C=O) groups excluding carboxylic acids is 1. The summed E-state index contributed by atoms with van der Waals surface area (Å²) < 4.78 is 5.02. The standard InChI is InChI=1S/C19H24Cl2N2O2S/c1-3-25-7-6-18(24)22-12-8-16(20)19(17(21)9-12)26-15-10-13-4-5-14(11-15)23(13)2/h6-9,13-15H,3-5,10-11H2,1-2H3,(H,22,24)/b7-6+. The summed E-state index contributed by atoms with van der Waals surface area (Å²) in [6, 6.07) is 4.87. The topological polar surface area (TPSA) is 41.6 Å². The number of amides is 1. The summed E-state index contributed by atoms with van der Waals surface area (Å²) in [5, 5.41) is 4.45. The van der Waals surface area contributed by atoms with Gasteiger partial charge in [-0.05, 0) is 51.8 Å². The summed E-state index contributed by atoms with van der Waals surface area (Å²) >= 11 is 14.7. The van der Waals surface area contributed by atoms with Gasteiger partial charge in [0, 0.05) is 34.0 Å². The fraction of sp³-hybridized carbons (Fsp3) is 0.526. The van der Waals surface area contributed by atoms with Crippen LogP contribution in [-0.2, 0) is 9.53 Å². The maximum Gasteiger partial charge on any atom is 0.251 e. The lowest BCUT2D eigenvalue weighted by molar-refractivity contribution is -0.112. The van der Waals surface area contributed by atoms with Gasteiger partial charge in [0.25, 0.3) is 5.91 Å². The zero-order chi connectivity index (χ0) is 18.7. The van der Waals surface area contributed by atoms with Crippen molar-refractivity contribution in [2.75, 3.05) is 19.0 Å². The molecule has 0 aliphatic carbocycles. The van der Waals surface area contributed by atoms with Crippen LogP contribution in [0.25, 0.3) is 0 Å². The number of benzene rings is 1. The van der Waals surface area contributed by atoms with Gasteiger partial charge in [-0.25, -0.2) is 0 Å². The summed E-state index contributed by atoms with van der Waals surface area (Å²) in [6.07, 6.45) is 7.63. The minimum absolute atomic E-state index is 0.280. The average Bonchev–Trinajstić information content (AvgIpc) is 2.80. The van der Waals surface area contributed by atoms with Gasteiger partial charge in [-0.3, -0.25) is 4.79 Å². The van der Waals surface area contributed by atoms with Crippen molar-refractivity contribution < 1.29 is 9.53 Å². The Balaban J connectivity index is 1.65. The molecule has 2 unspecified atom stereocenters. The molecule has 1 N–H and O–H groups in total. The van der Waals surface area contributed by atoms with Crippen molar-refractivity contribution in [1.29, 1.82) is 0 Å². The van der Waals surface area contributed by atoms with E-state index in [1.807, 2.05) is 6.92 Å². The lowest BCUT2D eigenvalue weighted by Gasteiger charge is -2.36. The molecule has 0 saturated carbocycles. The van der Waals surface area contributed by atoms with E-state index in [0.717, 1.165) is 4.90 Å². The second-order valence-electron chi connectivity index (χ2n) is 6.78.